The molecular formula is C24H37NO5. The predicted octanol–water partition coefficient (Wildman–Crippen LogP) is 2.13. The number of amides is 1. The maximum Gasteiger partial charge on any atom is 0.235 e. The van der Waals surface area contributed by atoms with Crippen molar-refractivity contribution in [3.63, 3.8) is 0 Å². The number of carbonyl (C=O) groups is 2. The van der Waals surface area contributed by atoms with Crippen LogP contribution in [0.1, 0.15) is 60.3 Å². The van der Waals surface area contributed by atoms with Gasteiger partial charge < -0.3 is 20.6 Å². The van der Waals surface area contributed by atoms with E-state index in [0.717, 1.165) is 12.0 Å². The van der Waals surface area contributed by atoms with E-state index < -0.39 is 29.6 Å². The fourth-order valence-electron chi connectivity index (χ4n) is 5.88. The predicted molar refractivity (Wildman–Crippen MR) is 114 cm³/mol. The van der Waals surface area contributed by atoms with Gasteiger partial charge in [0.25, 0.3) is 0 Å². The summed E-state index contributed by atoms with van der Waals surface area (Å²) in [5.41, 5.74) is 0.834. The molecule has 1 amide bonds. The molecule has 2 aliphatic carbocycles. The van der Waals surface area contributed by atoms with Gasteiger partial charge in [-0.15, -0.1) is 0 Å². The molecule has 0 bridgehead atoms. The maximum atomic E-state index is 13.8. The Kier molecular flexibility index (Phi) is 6.61. The number of rotatable bonds is 2. The molecule has 1 saturated heterocycles. The van der Waals surface area contributed by atoms with Crippen molar-refractivity contribution in [2.45, 2.75) is 84.7 Å². The normalized spacial score (nSPS) is 44.4. The highest BCUT2D eigenvalue weighted by Crippen LogP contribution is 2.55. The van der Waals surface area contributed by atoms with Crippen LogP contribution in [0.15, 0.2) is 23.3 Å². The van der Waals surface area contributed by atoms with Gasteiger partial charge in [-0.2, -0.15) is 0 Å². The first-order valence-electron chi connectivity index (χ1n) is 11.2. The minimum absolute atomic E-state index is 0.0411. The molecule has 1 aliphatic heterocycles. The van der Waals surface area contributed by atoms with Crippen LogP contribution in [0.25, 0.3) is 0 Å². The van der Waals surface area contributed by atoms with E-state index in [2.05, 4.69) is 33.0 Å². The molecule has 0 aromatic carbocycles. The molecule has 3 aliphatic rings. The summed E-state index contributed by atoms with van der Waals surface area (Å²) in [5.74, 6) is -0.827. The summed E-state index contributed by atoms with van der Waals surface area (Å²) in [6.45, 7) is 10.3. The number of aliphatic hydroxyl groups is 3. The van der Waals surface area contributed by atoms with Gasteiger partial charge in [-0.3, -0.25) is 9.59 Å². The molecule has 30 heavy (non-hydrogen) atoms. The summed E-state index contributed by atoms with van der Waals surface area (Å²) in [7, 11) is 0. The topological polar surface area (TPSA) is 107 Å². The monoisotopic (exact) mass is 419 g/mol. The smallest absolute Gasteiger partial charge is 0.235 e. The first kappa shape index (κ1) is 23.2. The van der Waals surface area contributed by atoms with Crippen LogP contribution in [0.5, 0.6) is 0 Å². The first-order chi connectivity index (χ1) is 14.0. The van der Waals surface area contributed by atoms with Crippen molar-refractivity contribution in [2.24, 2.45) is 29.1 Å². The van der Waals surface area contributed by atoms with Gasteiger partial charge in [-0.25, -0.2) is 0 Å². The number of ketones is 1. The molecule has 0 aromatic heterocycles. The molecule has 1 heterocycles. The van der Waals surface area contributed by atoms with Gasteiger partial charge in [0.1, 0.15) is 11.5 Å². The lowest BCUT2D eigenvalue weighted by molar-refractivity contribution is -0.148. The van der Waals surface area contributed by atoms with Crippen LogP contribution >= 0.6 is 0 Å². The highest BCUT2D eigenvalue weighted by molar-refractivity contribution is 6.09. The molecule has 0 radical (unpaired) electrons. The van der Waals surface area contributed by atoms with Crippen molar-refractivity contribution in [3.8, 4) is 0 Å². The minimum atomic E-state index is -1.41. The van der Waals surface area contributed by atoms with Gasteiger partial charge in [-0.1, -0.05) is 44.1 Å². The third-order valence-electron chi connectivity index (χ3n) is 7.54. The number of allylic oxidation sites excluding steroid dienone is 4. The molecule has 4 N–H and O–H groups in total. The highest BCUT2D eigenvalue weighted by Gasteiger charge is 2.65. The summed E-state index contributed by atoms with van der Waals surface area (Å²) in [6.07, 6.45) is 1.35. The Morgan fingerprint density at radius 2 is 1.80 bits per heavy atom. The standard InChI is InChI=1S/C24H37NO5/c1-12(2)8-17-21-15(5)14(4)10-16-9-13(3)6-7-18(26)22(29)19(27)11-20(28)24(16,21)23(30)25-17/h9-10,12,15-19,21-22,26-27,29H,6-8,11H2,1-5H3,(H,25,30)/b13-9+/t15-,16-,17+,18-,19+,21-,22-,24+/m0/s1. The Bertz CT molecular complexity index is 757. The fraction of sp³-hybridized carbons (Fsp3) is 0.750. The number of nitrogens with one attached hydrogen (secondary N) is 1. The zero-order valence-corrected chi connectivity index (χ0v) is 18.8. The van der Waals surface area contributed by atoms with E-state index in [-0.39, 0.29) is 36.0 Å². The van der Waals surface area contributed by atoms with E-state index >= 15 is 0 Å². The van der Waals surface area contributed by atoms with Crippen molar-refractivity contribution >= 4 is 11.7 Å². The quantitative estimate of drug-likeness (QED) is 0.405. The Labute approximate surface area is 179 Å². The fourth-order valence-corrected chi connectivity index (χ4v) is 5.88. The van der Waals surface area contributed by atoms with Crippen molar-refractivity contribution < 1.29 is 24.9 Å². The van der Waals surface area contributed by atoms with Crippen molar-refractivity contribution in [3.05, 3.63) is 23.3 Å². The van der Waals surface area contributed by atoms with Gasteiger partial charge in [0.2, 0.25) is 5.91 Å². The van der Waals surface area contributed by atoms with E-state index in [1.165, 1.54) is 5.57 Å². The van der Waals surface area contributed by atoms with Gasteiger partial charge in [0.05, 0.1) is 12.2 Å². The zero-order valence-electron chi connectivity index (χ0n) is 18.8. The van der Waals surface area contributed by atoms with Crippen LogP contribution in [0, 0.1) is 29.1 Å². The highest BCUT2D eigenvalue weighted by atomic mass is 16.4. The van der Waals surface area contributed by atoms with Gasteiger partial charge in [-0.05, 0) is 44.9 Å². The van der Waals surface area contributed by atoms with Gasteiger partial charge >= 0.3 is 0 Å². The first-order valence-corrected chi connectivity index (χ1v) is 11.2. The van der Waals surface area contributed by atoms with Crippen LogP contribution in [0.3, 0.4) is 0 Å². The molecule has 6 heteroatoms. The molecule has 0 aromatic rings. The van der Waals surface area contributed by atoms with Crippen molar-refractivity contribution in [1.29, 1.82) is 0 Å². The molecule has 8 atom stereocenters. The van der Waals surface area contributed by atoms with E-state index in [1.807, 2.05) is 19.1 Å². The molecule has 1 fully saturated rings. The second-order valence-electron chi connectivity index (χ2n) is 10.1. The lowest BCUT2D eigenvalue weighted by atomic mass is 9.54. The number of carbonyl (C=O) groups excluding carboxylic acids is 2. The molecule has 3 rings (SSSR count). The minimum Gasteiger partial charge on any atom is -0.390 e. The average molecular weight is 420 g/mol. The Morgan fingerprint density at radius 1 is 1.13 bits per heavy atom. The summed E-state index contributed by atoms with van der Waals surface area (Å²) in [5, 5.41) is 34.3. The van der Waals surface area contributed by atoms with Gasteiger partial charge in [0.15, 0.2) is 5.78 Å². The third-order valence-corrected chi connectivity index (χ3v) is 7.54. The number of hydrogen-bond donors (Lipinski definition) is 4. The molecular weight excluding hydrogens is 382 g/mol. The molecule has 1 spiro atoms. The van der Waals surface area contributed by atoms with E-state index in [1.54, 1.807) is 0 Å². The van der Waals surface area contributed by atoms with E-state index in [4.69, 9.17) is 0 Å². The number of aliphatic hydroxyl groups excluding tert-OH is 3. The van der Waals surface area contributed by atoms with Crippen LogP contribution in [0.2, 0.25) is 0 Å². The Morgan fingerprint density at radius 3 is 2.43 bits per heavy atom. The summed E-state index contributed by atoms with van der Waals surface area (Å²) >= 11 is 0. The maximum absolute atomic E-state index is 13.8. The van der Waals surface area contributed by atoms with E-state index in [0.29, 0.717) is 18.8 Å². The molecule has 6 nitrogen and oxygen atoms in total. The second-order valence-corrected chi connectivity index (χ2v) is 10.1. The summed E-state index contributed by atoms with van der Waals surface area (Å²) < 4.78 is 0. The van der Waals surface area contributed by atoms with Gasteiger partial charge in [0, 0.05) is 24.3 Å². The van der Waals surface area contributed by atoms with Crippen LogP contribution in [-0.4, -0.2) is 51.4 Å². The van der Waals surface area contributed by atoms with E-state index in [9.17, 15) is 24.9 Å². The van der Waals surface area contributed by atoms with Crippen molar-refractivity contribution in [1.82, 2.24) is 5.32 Å². The largest absolute Gasteiger partial charge is 0.390 e. The summed E-state index contributed by atoms with van der Waals surface area (Å²) in [4.78, 5) is 27.3. The second kappa shape index (κ2) is 8.56. The lowest BCUT2D eigenvalue weighted by Gasteiger charge is -2.45. The zero-order chi connectivity index (χ0) is 22.4. The molecule has 168 valence electrons. The number of hydrogen-bond acceptors (Lipinski definition) is 5. The lowest BCUT2D eigenvalue weighted by Crippen LogP contribution is -2.53. The number of Topliss-reactive ketones (excluding diaryl/α,β-unsaturated/α-hetero) is 1. The Balaban J connectivity index is 2.18. The third kappa shape index (κ3) is 3.78. The van der Waals surface area contributed by atoms with Crippen molar-refractivity contribution in [2.75, 3.05) is 0 Å². The van der Waals surface area contributed by atoms with Crippen LogP contribution in [-0.2, 0) is 9.59 Å². The van der Waals surface area contributed by atoms with Crippen LogP contribution in [0.4, 0.5) is 0 Å². The van der Waals surface area contributed by atoms with Crippen LogP contribution < -0.4 is 5.32 Å². The summed E-state index contributed by atoms with van der Waals surface area (Å²) in [6, 6.07) is -0.117. The SMILES string of the molecule is CC1=C[C@@H]2/C=C(\C)CC[C@H](O)[C@H](O)[C@H](O)CC(=O)[C@]23C(=O)N[C@H](CC(C)C)[C@@H]3[C@H]1C. The molecule has 0 unspecified atom stereocenters. The Hall–Kier alpha value is -1.50. The average Bonchev–Trinajstić information content (AvgIpc) is 2.94. The molecule has 0 saturated carbocycles.